The van der Waals surface area contributed by atoms with Crippen molar-refractivity contribution >= 4 is 5.97 Å². The normalized spacial score (nSPS) is 11.4. The van der Waals surface area contributed by atoms with Crippen molar-refractivity contribution < 1.29 is 19.7 Å². The van der Waals surface area contributed by atoms with Crippen molar-refractivity contribution in [3.63, 3.8) is 0 Å². The summed E-state index contributed by atoms with van der Waals surface area (Å²) in [5.74, 6) is 0.154. The van der Waals surface area contributed by atoms with Crippen LogP contribution >= 0.6 is 0 Å². The minimum absolute atomic E-state index is 0.136. The van der Waals surface area contributed by atoms with Crippen LogP contribution in [0.4, 0.5) is 0 Å². The molecule has 0 aliphatic heterocycles. The highest BCUT2D eigenvalue weighted by Gasteiger charge is 2.24. The Morgan fingerprint density at radius 2 is 1.87 bits per heavy atom. The van der Waals surface area contributed by atoms with Gasteiger partial charge >= 0.3 is 5.97 Å². The summed E-state index contributed by atoms with van der Waals surface area (Å²) in [5.41, 5.74) is 0.384. The number of hydrogen-bond donors (Lipinski definition) is 2. The predicted octanol–water partition coefficient (Wildman–Crippen LogP) is 4.67. The Morgan fingerprint density at radius 3 is 2.57 bits per heavy atom. The highest BCUT2D eigenvalue weighted by atomic mass is 16.5. The molecule has 23 heavy (non-hydrogen) atoms. The molecule has 0 fully saturated rings. The largest absolute Gasteiger partial charge is 0.508 e. The number of carbonyl (C=O) groups excluding carboxylic acids is 1. The molecule has 1 rings (SSSR count). The lowest BCUT2D eigenvalue weighted by Gasteiger charge is -2.26. The van der Waals surface area contributed by atoms with Gasteiger partial charge in [0.1, 0.15) is 11.5 Å². The number of aromatic hydroxyl groups is 2. The van der Waals surface area contributed by atoms with Crippen molar-refractivity contribution in [3.05, 3.63) is 23.8 Å². The number of esters is 1. The molecule has 0 bridgehead atoms. The van der Waals surface area contributed by atoms with E-state index in [1.54, 1.807) is 6.07 Å². The third-order valence-corrected chi connectivity index (χ3v) is 4.15. The van der Waals surface area contributed by atoms with Crippen molar-refractivity contribution in [3.8, 4) is 11.5 Å². The molecule has 0 saturated carbocycles. The molecule has 1 aromatic carbocycles. The molecular formula is C19H30O4. The number of ether oxygens (including phenoxy) is 1. The van der Waals surface area contributed by atoms with E-state index in [1.807, 2.05) is 13.8 Å². The first-order chi connectivity index (χ1) is 10.9. The van der Waals surface area contributed by atoms with Crippen LogP contribution in [0.1, 0.15) is 71.3 Å². The van der Waals surface area contributed by atoms with E-state index < -0.39 is 0 Å². The average molecular weight is 322 g/mol. The maximum absolute atomic E-state index is 11.7. The summed E-state index contributed by atoms with van der Waals surface area (Å²) in [6, 6.07) is 4.54. The van der Waals surface area contributed by atoms with E-state index in [0.29, 0.717) is 25.0 Å². The molecule has 0 unspecified atom stereocenters. The van der Waals surface area contributed by atoms with Crippen molar-refractivity contribution in [2.45, 2.75) is 71.1 Å². The van der Waals surface area contributed by atoms with E-state index in [2.05, 4.69) is 6.92 Å². The maximum Gasteiger partial charge on any atom is 0.305 e. The molecule has 1 aromatic rings. The highest BCUT2D eigenvalue weighted by Crippen LogP contribution is 2.36. The van der Waals surface area contributed by atoms with Crippen LogP contribution in [0, 0.1) is 0 Å². The molecule has 0 radical (unpaired) electrons. The van der Waals surface area contributed by atoms with Crippen LogP contribution in [0.15, 0.2) is 18.2 Å². The van der Waals surface area contributed by atoms with Gasteiger partial charge in [0.2, 0.25) is 0 Å². The summed E-state index contributed by atoms with van der Waals surface area (Å²) in [4.78, 5) is 11.7. The fourth-order valence-electron chi connectivity index (χ4n) is 2.66. The summed E-state index contributed by atoms with van der Waals surface area (Å²) in [6.45, 7) is 6.66. The van der Waals surface area contributed by atoms with Crippen LogP contribution in [-0.2, 0) is 14.9 Å². The summed E-state index contributed by atoms with van der Waals surface area (Å²) in [6.07, 6.45) is 6.20. The molecule has 2 N–H and O–H groups in total. The average Bonchev–Trinajstić information content (AvgIpc) is 2.49. The van der Waals surface area contributed by atoms with E-state index in [4.69, 9.17) is 4.74 Å². The van der Waals surface area contributed by atoms with Crippen molar-refractivity contribution in [2.75, 3.05) is 6.61 Å². The molecule has 0 saturated heterocycles. The second-order valence-electron chi connectivity index (χ2n) is 6.72. The van der Waals surface area contributed by atoms with Gasteiger partial charge in [-0.15, -0.1) is 0 Å². The van der Waals surface area contributed by atoms with E-state index in [-0.39, 0.29) is 22.9 Å². The molecule has 0 heterocycles. The van der Waals surface area contributed by atoms with E-state index in [1.165, 1.54) is 25.0 Å². The lowest BCUT2D eigenvalue weighted by Crippen LogP contribution is -2.18. The van der Waals surface area contributed by atoms with Crippen LogP contribution in [0.2, 0.25) is 0 Å². The van der Waals surface area contributed by atoms with Gasteiger partial charge < -0.3 is 14.9 Å². The summed E-state index contributed by atoms with van der Waals surface area (Å²) < 4.78 is 5.22. The molecule has 4 nitrogen and oxygen atoms in total. The molecule has 0 amide bonds. The molecular weight excluding hydrogens is 292 g/mol. The Balaban J connectivity index is 2.36. The number of phenols is 2. The van der Waals surface area contributed by atoms with E-state index >= 15 is 0 Å². The second kappa shape index (κ2) is 9.43. The van der Waals surface area contributed by atoms with Crippen molar-refractivity contribution in [2.24, 2.45) is 0 Å². The molecule has 0 aromatic heterocycles. The lowest BCUT2D eigenvalue weighted by molar-refractivity contribution is -0.143. The monoisotopic (exact) mass is 322 g/mol. The Bertz CT molecular complexity index is 494. The number of hydrogen-bond acceptors (Lipinski definition) is 4. The van der Waals surface area contributed by atoms with Crippen LogP contribution < -0.4 is 0 Å². The highest BCUT2D eigenvalue weighted by molar-refractivity contribution is 5.69. The van der Waals surface area contributed by atoms with Gasteiger partial charge in [0.25, 0.3) is 0 Å². The number of phenolic OH excluding ortho intramolecular Hbond substituents is 2. The molecule has 0 aliphatic carbocycles. The van der Waals surface area contributed by atoms with Gasteiger partial charge in [-0.3, -0.25) is 4.79 Å². The SMILES string of the molecule is CCCCCCOC(=O)CCCC(C)(C)c1cc(O)ccc1O. The van der Waals surface area contributed by atoms with Crippen LogP contribution in [0.5, 0.6) is 11.5 Å². The maximum atomic E-state index is 11.7. The van der Waals surface area contributed by atoms with Gasteiger partial charge in [0.05, 0.1) is 6.61 Å². The quantitative estimate of drug-likeness (QED) is 0.373. The predicted molar refractivity (Wildman–Crippen MR) is 91.7 cm³/mol. The minimum Gasteiger partial charge on any atom is -0.508 e. The van der Waals surface area contributed by atoms with E-state index in [0.717, 1.165) is 19.3 Å². The van der Waals surface area contributed by atoms with Gasteiger partial charge in [-0.05, 0) is 42.9 Å². The smallest absolute Gasteiger partial charge is 0.305 e. The van der Waals surface area contributed by atoms with Gasteiger partial charge in [-0.1, -0.05) is 40.0 Å². The zero-order valence-corrected chi connectivity index (χ0v) is 14.6. The zero-order valence-electron chi connectivity index (χ0n) is 14.6. The first kappa shape index (κ1) is 19.3. The molecule has 0 atom stereocenters. The Labute approximate surface area is 139 Å². The third-order valence-electron chi connectivity index (χ3n) is 4.15. The first-order valence-electron chi connectivity index (χ1n) is 8.55. The fraction of sp³-hybridized carbons (Fsp3) is 0.632. The van der Waals surface area contributed by atoms with Gasteiger partial charge in [0.15, 0.2) is 0 Å². The number of benzene rings is 1. The Morgan fingerprint density at radius 1 is 1.13 bits per heavy atom. The summed E-state index contributed by atoms with van der Waals surface area (Å²) in [5, 5.41) is 19.6. The number of carbonyl (C=O) groups is 1. The second-order valence-corrected chi connectivity index (χ2v) is 6.72. The molecule has 0 spiro atoms. The van der Waals surface area contributed by atoms with Crippen LogP contribution in [0.3, 0.4) is 0 Å². The van der Waals surface area contributed by atoms with Gasteiger partial charge in [0, 0.05) is 12.0 Å². The van der Waals surface area contributed by atoms with E-state index in [9.17, 15) is 15.0 Å². The van der Waals surface area contributed by atoms with Gasteiger partial charge in [-0.25, -0.2) is 0 Å². The van der Waals surface area contributed by atoms with Crippen LogP contribution in [-0.4, -0.2) is 22.8 Å². The van der Waals surface area contributed by atoms with Gasteiger partial charge in [-0.2, -0.15) is 0 Å². The standard InChI is InChI=1S/C19H30O4/c1-4-5-6-7-13-23-18(22)9-8-12-19(2,3)16-14-15(20)10-11-17(16)21/h10-11,14,20-21H,4-9,12-13H2,1-3H3. The van der Waals surface area contributed by atoms with Crippen molar-refractivity contribution in [1.82, 2.24) is 0 Å². The lowest BCUT2D eigenvalue weighted by atomic mass is 9.79. The third kappa shape index (κ3) is 6.93. The van der Waals surface area contributed by atoms with Crippen molar-refractivity contribution in [1.29, 1.82) is 0 Å². The van der Waals surface area contributed by atoms with Crippen LogP contribution in [0.25, 0.3) is 0 Å². The molecule has 0 aliphatic rings. The Hall–Kier alpha value is -1.71. The topological polar surface area (TPSA) is 66.8 Å². The fourth-order valence-corrected chi connectivity index (χ4v) is 2.66. The Kier molecular flexibility index (Phi) is 7.93. The minimum atomic E-state index is -0.315. The number of rotatable bonds is 10. The number of unbranched alkanes of at least 4 members (excludes halogenated alkanes) is 3. The summed E-state index contributed by atoms with van der Waals surface area (Å²) >= 11 is 0. The summed E-state index contributed by atoms with van der Waals surface area (Å²) in [7, 11) is 0. The molecule has 4 heteroatoms. The zero-order chi connectivity index (χ0) is 17.3. The molecule has 130 valence electrons. The first-order valence-corrected chi connectivity index (χ1v) is 8.55.